The summed E-state index contributed by atoms with van der Waals surface area (Å²) in [5.74, 6) is 0.776. The van der Waals surface area contributed by atoms with Crippen LogP contribution in [0.5, 0.6) is 5.75 Å². The van der Waals surface area contributed by atoms with Crippen molar-refractivity contribution in [2.45, 2.75) is 33.3 Å². The Balaban J connectivity index is 1.81. The molecule has 0 aromatic heterocycles. The smallest absolute Gasteiger partial charge is 0.281 e. The summed E-state index contributed by atoms with van der Waals surface area (Å²) in [6.45, 7) is 6.45. The number of hydrogen-bond acceptors (Lipinski definition) is 3. The van der Waals surface area contributed by atoms with Crippen molar-refractivity contribution >= 4 is 5.91 Å². The van der Waals surface area contributed by atoms with Crippen molar-refractivity contribution in [3.8, 4) is 5.75 Å². The van der Waals surface area contributed by atoms with Crippen molar-refractivity contribution in [2.75, 3.05) is 6.61 Å². The second kappa shape index (κ2) is 8.34. The van der Waals surface area contributed by atoms with Crippen LogP contribution in [0.1, 0.15) is 36.5 Å². The van der Waals surface area contributed by atoms with Gasteiger partial charge in [-0.1, -0.05) is 56.3 Å². The van der Waals surface area contributed by atoms with Crippen molar-refractivity contribution < 1.29 is 14.4 Å². The highest BCUT2D eigenvalue weighted by molar-refractivity contribution is 5.76. The van der Waals surface area contributed by atoms with Gasteiger partial charge in [0.15, 0.2) is 6.61 Å². The minimum Gasteiger partial charge on any atom is -0.483 e. The zero-order valence-corrected chi connectivity index (χ0v) is 13.8. The number of aryl methyl sites for hydroxylation is 1. The molecule has 0 saturated heterocycles. The van der Waals surface area contributed by atoms with Crippen LogP contribution < -0.4 is 10.2 Å². The predicted octanol–water partition coefficient (Wildman–Crippen LogP) is 3.75. The van der Waals surface area contributed by atoms with Crippen molar-refractivity contribution in [1.29, 1.82) is 0 Å². The quantitative estimate of drug-likeness (QED) is 0.792. The zero-order chi connectivity index (χ0) is 16.7. The molecule has 0 unspecified atom stereocenters. The molecule has 23 heavy (non-hydrogen) atoms. The van der Waals surface area contributed by atoms with Gasteiger partial charge in [0.05, 0.1) is 6.61 Å². The van der Waals surface area contributed by atoms with Crippen LogP contribution in [0.3, 0.4) is 0 Å². The van der Waals surface area contributed by atoms with E-state index in [1.807, 2.05) is 55.5 Å². The van der Waals surface area contributed by atoms with Crippen LogP contribution in [-0.2, 0) is 16.2 Å². The molecule has 0 saturated carbocycles. The summed E-state index contributed by atoms with van der Waals surface area (Å²) in [6.07, 6.45) is 0. The second-order valence-corrected chi connectivity index (χ2v) is 5.78. The van der Waals surface area contributed by atoms with Gasteiger partial charge in [0, 0.05) is 0 Å². The van der Waals surface area contributed by atoms with E-state index in [0.717, 1.165) is 22.4 Å². The van der Waals surface area contributed by atoms with Crippen LogP contribution in [0.4, 0.5) is 0 Å². The molecule has 0 aliphatic rings. The van der Waals surface area contributed by atoms with E-state index in [9.17, 15) is 4.79 Å². The zero-order valence-electron chi connectivity index (χ0n) is 13.8. The molecule has 1 amide bonds. The van der Waals surface area contributed by atoms with E-state index in [0.29, 0.717) is 12.5 Å². The fourth-order valence-corrected chi connectivity index (χ4v) is 2.19. The lowest BCUT2D eigenvalue weighted by atomic mass is 10.0. The number of nitrogens with one attached hydrogen (secondary N) is 1. The van der Waals surface area contributed by atoms with Gasteiger partial charge in [0.25, 0.3) is 5.91 Å². The summed E-state index contributed by atoms with van der Waals surface area (Å²) in [5.41, 5.74) is 5.59. The first-order valence-corrected chi connectivity index (χ1v) is 7.74. The lowest BCUT2D eigenvalue weighted by molar-refractivity contribution is -0.136. The maximum absolute atomic E-state index is 11.8. The standard InChI is InChI=1S/C19H23NO3/c1-14(2)17-10-9-15(3)11-18(17)22-13-19(21)20-23-12-16-7-5-4-6-8-16/h4-11,14H,12-13H2,1-3H3,(H,20,21). The summed E-state index contributed by atoms with van der Waals surface area (Å²) in [6, 6.07) is 15.7. The van der Waals surface area contributed by atoms with E-state index >= 15 is 0 Å². The van der Waals surface area contributed by atoms with Gasteiger partial charge in [0.2, 0.25) is 0 Å². The molecular formula is C19H23NO3. The minimum atomic E-state index is -0.308. The average Bonchev–Trinajstić information content (AvgIpc) is 2.53. The number of carbonyl (C=O) groups excluding carboxylic acids is 1. The highest BCUT2D eigenvalue weighted by atomic mass is 16.7. The number of amides is 1. The van der Waals surface area contributed by atoms with Gasteiger partial charge < -0.3 is 4.74 Å². The Bertz CT molecular complexity index is 638. The average molecular weight is 313 g/mol. The number of benzene rings is 2. The SMILES string of the molecule is Cc1ccc(C(C)C)c(OCC(=O)NOCc2ccccc2)c1. The summed E-state index contributed by atoms with van der Waals surface area (Å²) >= 11 is 0. The van der Waals surface area contributed by atoms with Crippen molar-refractivity contribution in [3.63, 3.8) is 0 Å². The van der Waals surface area contributed by atoms with Crippen molar-refractivity contribution in [1.82, 2.24) is 5.48 Å². The molecule has 0 bridgehead atoms. The lowest BCUT2D eigenvalue weighted by Gasteiger charge is -2.14. The van der Waals surface area contributed by atoms with Crippen molar-refractivity contribution in [2.24, 2.45) is 0 Å². The molecule has 0 fully saturated rings. The predicted molar refractivity (Wildman–Crippen MR) is 90.1 cm³/mol. The normalized spacial score (nSPS) is 10.6. The molecule has 0 aliphatic heterocycles. The summed E-state index contributed by atoms with van der Waals surface area (Å²) in [5, 5.41) is 0. The Morgan fingerprint density at radius 1 is 1.13 bits per heavy atom. The van der Waals surface area contributed by atoms with E-state index in [2.05, 4.69) is 19.3 Å². The third-order valence-electron chi connectivity index (χ3n) is 3.42. The van der Waals surface area contributed by atoms with Gasteiger partial charge in [0.1, 0.15) is 5.75 Å². The van der Waals surface area contributed by atoms with E-state index in [1.165, 1.54) is 0 Å². The van der Waals surface area contributed by atoms with Crippen molar-refractivity contribution in [3.05, 3.63) is 65.2 Å². The van der Waals surface area contributed by atoms with Crippen LogP contribution in [-0.4, -0.2) is 12.5 Å². The highest BCUT2D eigenvalue weighted by Crippen LogP contribution is 2.27. The Hall–Kier alpha value is -2.33. The van der Waals surface area contributed by atoms with E-state index in [-0.39, 0.29) is 12.5 Å². The van der Waals surface area contributed by atoms with Crippen LogP contribution in [0.15, 0.2) is 48.5 Å². The largest absolute Gasteiger partial charge is 0.483 e. The molecule has 4 heteroatoms. The van der Waals surface area contributed by atoms with Crippen LogP contribution >= 0.6 is 0 Å². The Morgan fingerprint density at radius 3 is 2.57 bits per heavy atom. The maximum atomic E-state index is 11.8. The molecule has 0 atom stereocenters. The van der Waals surface area contributed by atoms with Crippen LogP contribution in [0.2, 0.25) is 0 Å². The Morgan fingerprint density at radius 2 is 1.87 bits per heavy atom. The highest BCUT2D eigenvalue weighted by Gasteiger charge is 2.10. The molecule has 0 aliphatic carbocycles. The van der Waals surface area contributed by atoms with Crippen LogP contribution in [0, 0.1) is 6.92 Å². The molecule has 0 spiro atoms. The first-order chi connectivity index (χ1) is 11.1. The van der Waals surface area contributed by atoms with Crippen LogP contribution in [0.25, 0.3) is 0 Å². The molecule has 2 aromatic rings. The Labute approximate surface area is 137 Å². The lowest BCUT2D eigenvalue weighted by Crippen LogP contribution is -2.29. The number of carbonyl (C=O) groups is 1. The summed E-state index contributed by atoms with van der Waals surface area (Å²) in [4.78, 5) is 17.0. The minimum absolute atomic E-state index is 0.0715. The van der Waals surface area contributed by atoms with E-state index in [4.69, 9.17) is 9.57 Å². The molecule has 1 N–H and O–H groups in total. The van der Waals surface area contributed by atoms with E-state index < -0.39 is 0 Å². The number of ether oxygens (including phenoxy) is 1. The third kappa shape index (κ3) is 5.42. The van der Waals surface area contributed by atoms with Gasteiger partial charge in [-0.05, 0) is 35.6 Å². The molecule has 2 rings (SSSR count). The summed E-state index contributed by atoms with van der Waals surface area (Å²) in [7, 11) is 0. The van der Waals surface area contributed by atoms with E-state index in [1.54, 1.807) is 0 Å². The van der Waals surface area contributed by atoms with Gasteiger partial charge in [-0.15, -0.1) is 0 Å². The van der Waals surface area contributed by atoms with Gasteiger partial charge in [-0.3, -0.25) is 9.63 Å². The summed E-state index contributed by atoms with van der Waals surface area (Å²) < 4.78 is 5.65. The maximum Gasteiger partial charge on any atom is 0.281 e. The fourth-order valence-electron chi connectivity index (χ4n) is 2.19. The van der Waals surface area contributed by atoms with Gasteiger partial charge >= 0.3 is 0 Å². The number of rotatable bonds is 7. The van der Waals surface area contributed by atoms with Gasteiger partial charge in [-0.2, -0.15) is 0 Å². The first kappa shape index (κ1) is 17.0. The fraction of sp³-hybridized carbons (Fsp3) is 0.316. The second-order valence-electron chi connectivity index (χ2n) is 5.78. The molecular weight excluding hydrogens is 290 g/mol. The monoisotopic (exact) mass is 313 g/mol. The molecule has 122 valence electrons. The topological polar surface area (TPSA) is 47.6 Å². The third-order valence-corrected chi connectivity index (χ3v) is 3.42. The van der Waals surface area contributed by atoms with Gasteiger partial charge in [-0.25, -0.2) is 5.48 Å². The Kier molecular flexibility index (Phi) is 6.18. The molecule has 0 heterocycles. The number of hydroxylamine groups is 1. The molecule has 2 aromatic carbocycles. The molecule has 4 nitrogen and oxygen atoms in total. The number of hydrogen-bond donors (Lipinski definition) is 1. The first-order valence-electron chi connectivity index (χ1n) is 7.74. The molecule has 0 radical (unpaired) electrons.